The molecule has 0 aromatic heterocycles. The van der Waals surface area contributed by atoms with Crippen LogP contribution >= 0.6 is 0 Å². The smallest absolute Gasteiger partial charge is 0.468 e. The van der Waals surface area contributed by atoms with E-state index in [9.17, 15) is 19.2 Å². The van der Waals surface area contributed by atoms with Crippen LogP contribution in [0.2, 0.25) is 0 Å². The van der Waals surface area contributed by atoms with Crippen LogP contribution < -0.4 is 14.8 Å². The van der Waals surface area contributed by atoms with E-state index in [2.05, 4.69) is 5.32 Å². The first kappa shape index (κ1) is 29.9. The number of benzene rings is 1. The summed E-state index contributed by atoms with van der Waals surface area (Å²) in [6, 6.07) is 3.99. The number of esters is 3. The Kier molecular flexibility index (Phi) is 14.1. The fourth-order valence-electron chi connectivity index (χ4n) is 2.95. The third-order valence-electron chi connectivity index (χ3n) is 4.66. The van der Waals surface area contributed by atoms with Crippen molar-refractivity contribution in [3.05, 3.63) is 23.8 Å². The lowest BCUT2D eigenvalue weighted by Crippen LogP contribution is -2.43. The third-order valence-corrected chi connectivity index (χ3v) is 4.66. The Morgan fingerprint density at radius 2 is 1.54 bits per heavy atom. The zero-order valence-corrected chi connectivity index (χ0v) is 21.2. The van der Waals surface area contributed by atoms with Gasteiger partial charge in [0.1, 0.15) is 12.1 Å². The van der Waals surface area contributed by atoms with Crippen molar-refractivity contribution < 1.29 is 42.9 Å². The van der Waals surface area contributed by atoms with Gasteiger partial charge in [0.05, 0.1) is 13.7 Å². The number of methoxy groups -OCH3 is 1. The van der Waals surface area contributed by atoms with E-state index in [1.54, 1.807) is 19.1 Å². The van der Waals surface area contributed by atoms with Gasteiger partial charge in [0.2, 0.25) is 0 Å². The minimum atomic E-state index is -0.775. The van der Waals surface area contributed by atoms with Crippen LogP contribution in [0, 0.1) is 0 Å². The lowest BCUT2D eigenvalue weighted by atomic mass is 10.0. The SMILES string of the molecule is CCCOC(=O)OC(C)CN[C@@H](Cc1ccc(OC(=O)CCC)c(OC(=O)CCC)c1)C(=O)OC. The number of rotatable bonds is 15. The van der Waals surface area contributed by atoms with Gasteiger partial charge < -0.3 is 29.0 Å². The molecule has 35 heavy (non-hydrogen) atoms. The molecule has 0 radical (unpaired) electrons. The molecule has 0 aliphatic heterocycles. The maximum Gasteiger partial charge on any atom is 0.508 e. The van der Waals surface area contributed by atoms with Crippen molar-refractivity contribution in [2.45, 2.75) is 78.4 Å². The Morgan fingerprint density at radius 3 is 2.11 bits per heavy atom. The van der Waals surface area contributed by atoms with Crippen molar-refractivity contribution in [1.29, 1.82) is 0 Å². The normalized spacial score (nSPS) is 12.3. The van der Waals surface area contributed by atoms with Gasteiger partial charge in [-0.15, -0.1) is 0 Å². The van der Waals surface area contributed by atoms with Crippen LogP contribution in [0.15, 0.2) is 18.2 Å². The lowest BCUT2D eigenvalue weighted by Gasteiger charge is -2.20. The molecule has 10 nitrogen and oxygen atoms in total. The van der Waals surface area contributed by atoms with E-state index in [0.717, 1.165) is 0 Å². The van der Waals surface area contributed by atoms with Crippen LogP contribution in [0.5, 0.6) is 11.5 Å². The van der Waals surface area contributed by atoms with Crippen LogP contribution in [0.1, 0.15) is 65.4 Å². The summed E-state index contributed by atoms with van der Waals surface area (Å²) in [5, 5.41) is 3.02. The van der Waals surface area contributed by atoms with Gasteiger partial charge in [0, 0.05) is 19.4 Å². The third kappa shape index (κ3) is 11.7. The molecular weight excluding hydrogens is 458 g/mol. The second kappa shape index (κ2) is 16.5. The first-order valence-electron chi connectivity index (χ1n) is 11.9. The highest BCUT2D eigenvalue weighted by molar-refractivity contribution is 5.77. The Labute approximate surface area is 206 Å². The van der Waals surface area contributed by atoms with Crippen LogP contribution in [0.25, 0.3) is 0 Å². The summed E-state index contributed by atoms with van der Waals surface area (Å²) in [6.45, 7) is 7.67. The van der Waals surface area contributed by atoms with E-state index in [4.69, 9.17) is 23.7 Å². The molecule has 0 fully saturated rings. The summed E-state index contributed by atoms with van der Waals surface area (Å²) >= 11 is 0. The molecule has 196 valence electrons. The summed E-state index contributed by atoms with van der Waals surface area (Å²) in [4.78, 5) is 48.0. The molecule has 1 unspecified atom stereocenters. The molecule has 1 aromatic rings. The Bertz CT molecular complexity index is 840. The Balaban J connectivity index is 2.97. The van der Waals surface area contributed by atoms with Gasteiger partial charge in [-0.05, 0) is 50.3 Å². The molecule has 1 N–H and O–H groups in total. The summed E-state index contributed by atoms with van der Waals surface area (Å²) in [5.74, 6) is -1.18. The number of ether oxygens (including phenoxy) is 5. The fourth-order valence-corrected chi connectivity index (χ4v) is 2.95. The van der Waals surface area contributed by atoms with Gasteiger partial charge in [-0.3, -0.25) is 14.4 Å². The average Bonchev–Trinajstić information content (AvgIpc) is 2.81. The Morgan fingerprint density at radius 1 is 0.914 bits per heavy atom. The van der Waals surface area contributed by atoms with Crippen LogP contribution in [-0.4, -0.2) is 56.5 Å². The van der Waals surface area contributed by atoms with Gasteiger partial charge in [0.15, 0.2) is 11.5 Å². The highest BCUT2D eigenvalue weighted by atomic mass is 16.7. The zero-order chi connectivity index (χ0) is 26.2. The molecule has 0 bridgehead atoms. The first-order valence-corrected chi connectivity index (χ1v) is 11.9. The van der Waals surface area contributed by atoms with Crippen molar-refractivity contribution in [3.63, 3.8) is 0 Å². The number of nitrogens with one attached hydrogen (secondary N) is 1. The van der Waals surface area contributed by atoms with E-state index in [1.807, 2.05) is 20.8 Å². The lowest BCUT2D eigenvalue weighted by molar-refractivity contribution is -0.143. The molecular formula is C25H37NO9. The van der Waals surface area contributed by atoms with Crippen LogP contribution in [0.4, 0.5) is 4.79 Å². The molecule has 0 saturated carbocycles. The van der Waals surface area contributed by atoms with Crippen LogP contribution in [0.3, 0.4) is 0 Å². The van der Waals surface area contributed by atoms with Crippen molar-refractivity contribution >= 4 is 24.1 Å². The number of hydrogen-bond acceptors (Lipinski definition) is 10. The molecule has 0 aliphatic carbocycles. The maximum atomic E-state index is 12.4. The van der Waals surface area contributed by atoms with Gasteiger partial charge in [0.25, 0.3) is 0 Å². The highest BCUT2D eigenvalue weighted by Gasteiger charge is 2.23. The van der Waals surface area contributed by atoms with E-state index < -0.39 is 36.2 Å². The monoisotopic (exact) mass is 495 g/mol. The van der Waals surface area contributed by atoms with Crippen LogP contribution in [-0.2, 0) is 35.0 Å². The second-order valence-corrected chi connectivity index (χ2v) is 7.94. The average molecular weight is 496 g/mol. The second-order valence-electron chi connectivity index (χ2n) is 7.94. The molecule has 0 spiro atoms. The maximum absolute atomic E-state index is 12.4. The van der Waals surface area contributed by atoms with Gasteiger partial charge in [-0.1, -0.05) is 26.8 Å². The largest absolute Gasteiger partial charge is 0.508 e. The van der Waals surface area contributed by atoms with Crippen molar-refractivity contribution in [2.75, 3.05) is 20.3 Å². The fraction of sp³-hybridized carbons (Fsp3) is 0.600. The summed E-state index contributed by atoms with van der Waals surface area (Å²) in [6.07, 6.45) is 1.18. The summed E-state index contributed by atoms with van der Waals surface area (Å²) in [5.41, 5.74) is 0.637. The topological polar surface area (TPSA) is 126 Å². The van der Waals surface area contributed by atoms with Gasteiger partial charge in [-0.2, -0.15) is 0 Å². The molecule has 1 aromatic carbocycles. The minimum Gasteiger partial charge on any atom is -0.468 e. The predicted octanol–water partition coefficient (Wildman–Crippen LogP) is 3.72. The van der Waals surface area contributed by atoms with E-state index >= 15 is 0 Å². The predicted molar refractivity (Wildman–Crippen MR) is 127 cm³/mol. The molecule has 0 aliphatic rings. The van der Waals surface area contributed by atoms with E-state index in [1.165, 1.54) is 13.2 Å². The van der Waals surface area contributed by atoms with Gasteiger partial charge >= 0.3 is 24.1 Å². The quantitative estimate of drug-likeness (QED) is 0.284. The minimum absolute atomic E-state index is 0.101. The number of carbonyl (C=O) groups is 4. The molecule has 0 heterocycles. The van der Waals surface area contributed by atoms with Crippen molar-refractivity contribution in [2.24, 2.45) is 0 Å². The van der Waals surface area contributed by atoms with Crippen molar-refractivity contribution in [1.82, 2.24) is 5.32 Å². The molecule has 0 saturated heterocycles. The molecule has 2 atom stereocenters. The zero-order valence-electron chi connectivity index (χ0n) is 21.2. The molecule has 0 amide bonds. The highest BCUT2D eigenvalue weighted by Crippen LogP contribution is 2.30. The van der Waals surface area contributed by atoms with E-state index in [-0.39, 0.29) is 43.9 Å². The standard InChI is InChI=1S/C25H37NO9/c1-6-9-22(27)34-20-12-11-18(15-21(20)35-23(28)10-7-2)14-19(24(29)31-5)26-16-17(4)33-25(30)32-13-8-3/h11-12,15,17,19,26H,6-10,13-14,16H2,1-5H3/t17?,19-/m0/s1. The summed E-state index contributed by atoms with van der Waals surface area (Å²) in [7, 11) is 1.27. The summed E-state index contributed by atoms with van der Waals surface area (Å²) < 4.78 is 25.7. The van der Waals surface area contributed by atoms with Gasteiger partial charge in [-0.25, -0.2) is 4.79 Å². The van der Waals surface area contributed by atoms with Crippen molar-refractivity contribution in [3.8, 4) is 11.5 Å². The number of hydrogen-bond donors (Lipinski definition) is 1. The number of carbonyl (C=O) groups excluding carboxylic acids is 4. The molecule has 1 rings (SSSR count). The molecule has 10 heteroatoms. The first-order chi connectivity index (χ1) is 16.7. The van der Waals surface area contributed by atoms with E-state index in [0.29, 0.717) is 24.8 Å². The Hall–Kier alpha value is -3.14.